The summed E-state index contributed by atoms with van der Waals surface area (Å²) < 4.78 is 5.71. The van der Waals surface area contributed by atoms with Gasteiger partial charge in [-0.3, -0.25) is 0 Å². The summed E-state index contributed by atoms with van der Waals surface area (Å²) in [6.07, 6.45) is 1.44. The fourth-order valence-electron chi connectivity index (χ4n) is 1.53. The lowest BCUT2D eigenvalue weighted by Gasteiger charge is -2.37. The topological polar surface area (TPSA) is 81.3 Å². The maximum Gasteiger partial charge on any atom is 0.330 e. The SMILES string of the molecule is CC(C)(O)C(C)(C)O[B]c1ccc2ncnc(N)c2c1. The van der Waals surface area contributed by atoms with Crippen LogP contribution in [-0.2, 0) is 4.65 Å². The molecule has 1 heterocycles. The summed E-state index contributed by atoms with van der Waals surface area (Å²) in [5, 5.41) is 10.8. The molecule has 3 N–H and O–H groups in total. The molecule has 0 aliphatic carbocycles. The Kier molecular flexibility index (Phi) is 3.71. The summed E-state index contributed by atoms with van der Waals surface area (Å²) in [4.78, 5) is 8.11. The molecule has 20 heavy (non-hydrogen) atoms. The predicted molar refractivity (Wildman–Crippen MR) is 80.8 cm³/mol. The van der Waals surface area contributed by atoms with Gasteiger partial charge in [0.1, 0.15) is 12.1 Å². The number of nitrogen functional groups attached to an aromatic ring is 1. The van der Waals surface area contributed by atoms with E-state index in [1.165, 1.54) is 6.33 Å². The molecule has 105 valence electrons. The first-order valence-corrected chi connectivity index (χ1v) is 6.44. The number of nitrogens with zero attached hydrogens (tertiary/aromatic N) is 2. The van der Waals surface area contributed by atoms with Crippen LogP contribution in [0.5, 0.6) is 0 Å². The lowest BCUT2D eigenvalue weighted by molar-refractivity contribution is -0.0893. The third kappa shape index (κ3) is 2.91. The normalized spacial score (nSPS) is 12.7. The highest BCUT2D eigenvalue weighted by Crippen LogP contribution is 2.24. The van der Waals surface area contributed by atoms with E-state index in [-0.39, 0.29) is 0 Å². The van der Waals surface area contributed by atoms with Gasteiger partial charge in [-0.1, -0.05) is 17.6 Å². The van der Waals surface area contributed by atoms with Crippen LogP contribution < -0.4 is 11.2 Å². The second-order valence-corrected chi connectivity index (χ2v) is 5.84. The number of aliphatic hydroxyl groups is 1. The highest BCUT2D eigenvalue weighted by molar-refractivity contribution is 6.47. The molecule has 0 spiro atoms. The Balaban J connectivity index is 2.21. The summed E-state index contributed by atoms with van der Waals surface area (Å²) >= 11 is 0. The van der Waals surface area contributed by atoms with Crippen molar-refractivity contribution in [3.05, 3.63) is 24.5 Å². The summed E-state index contributed by atoms with van der Waals surface area (Å²) in [7, 11) is 1.61. The second kappa shape index (κ2) is 5.03. The van der Waals surface area contributed by atoms with Crippen LogP contribution in [0, 0.1) is 0 Å². The van der Waals surface area contributed by atoms with Crippen LogP contribution in [0.25, 0.3) is 10.9 Å². The van der Waals surface area contributed by atoms with Crippen molar-refractivity contribution in [2.45, 2.75) is 38.9 Å². The molecule has 0 saturated carbocycles. The quantitative estimate of drug-likeness (QED) is 0.812. The predicted octanol–water partition coefficient (Wildman–Crippen LogP) is 1.02. The number of aromatic nitrogens is 2. The maximum absolute atomic E-state index is 10.1. The molecule has 0 atom stereocenters. The molecule has 0 fully saturated rings. The third-order valence-corrected chi connectivity index (χ3v) is 3.65. The van der Waals surface area contributed by atoms with Crippen molar-refractivity contribution in [2.75, 3.05) is 5.73 Å². The Morgan fingerprint density at radius 1 is 1.20 bits per heavy atom. The number of hydrogen-bond acceptors (Lipinski definition) is 5. The summed E-state index contributed by atoms with van der Waals surface area (Å²) in [5.41, 5.74) is 5.80. The zero-order chi connectivity index (χ0) is 15.0. The van der Waals surface area contributed by atoms with E-state index in [1.807, 2.05) is 32.0 Å². The minimum Gasteiger partial charge on any atom is -0.427 e. The molecule has 0 aliphatic heterocycles. The molecule has 6 heteroatoms. The van der Waals surface area contributed by atoms with E-state index in [1.54, 1.807) is 21.3 Å². The first-order chi connectivity index (χ1) is 9.21. The lowest BCUT2D eigenvalue weighted by Crippen LogP contribution is -2.49. The molecular weight excluding hydrogens is 253 g/mol. The van der Waals surface area contributed by atoms with Crippen molar-refractivity contribution in [3.8, 4) is 0 Å². The number of hydrogen-bond donors (Lipinski definition) is 2. The van der Waals surface area contributed by atoms with Crippen molar-refractivity contribution < 1.29 is 9.76 Å². The van der Waals surface area contributed by atoms with Gasteiger partial charge in [0, 0.05) is 5.39 Å². The van der Waals surface area contributed by atoms with Crippen molar-refractivity contribution in [1.29, 1.82) is 0 Å². The fraction of sp³-hybridized carbons (Fsp3) is 0.429. The summed E-state index contributed by atoms with van der Waals surface area (Å²) in [6, 6.07) is 5.61. The van der Waals surface area contributed by atoms with Gasteiger partial charge < -0.3 is 15.5 Å². The van der Waals surface area contributed by atoms with Gasteiger partial charge in [0.15, 0.2) is 0 Å². The molecule has 0 bridgehead atoms. The molecular formula is C14H19BN3O2. The Morgan fingerprint density at radius 3 is 2.55 bits per heavy atom. The molecule has 0 aliphatic rings. The monoisotopic (exact) mass is 272 g/mol. The van der Waals surface area contributed by atoms with E-state index in [2.05, 4.69) is 9.97 Å². The summed E-state index contributed by atoms with van der Waals surface area (Å²) in [5.74, 6) is 0.437. The van der Waals surface area contributed by atoms with Crippen molar-refractivity contribution >= 4 is 29.7 Å². The average molecular weight is 272 g/mol. The lowest BCUT2D eigenvalue weighted by atomic mass is 9.82. The molecule has 5 nitrogen and oxygen atoms in total. The number of rotatable bonds is 4. The Labute approximate surface area is 119 Å². The summed E-state index contributed by atoms with van der Waals surface area (Å²) in [6.45, 7) is 7.10. The van der Waals surface area contributed by atoms with Crippen molar-refractivity contribution in [2.24, 2.45) is 0 Å². The van der Waals surface area contributed by atoms with Gasteiger partial charge in [0.05, 0.1) is 16.7 Å². The van der Waals surface area contributed by atoms with Gasteiger partial charge in [0.2, 0.25) is 0 Å². The van der Waals surface area contributed by atoms with E-state index >= 15 is 0 Å². The van der Waals surface area contributed by atoms with Crippen LogP contribution in [-0.4, -0.2) is 33.8 Å². The van der Waals surface area contributed by atoms with Gasteiger partial charge >= 0.3 is 7.48 Å². The van der Waals surface area contributed by atoms with E-state index < -0.39 is 11.2 Å². The highest BCUT2D eigenvalue weighted by atomic mass is 16.5. The van der Waals surface area contributed by atoms with E-state index in [4.69, 9.17) is 10.4 Å². The Bertz CT molecular complexity index is 623. The molecule has 0 amide bonds. The Hall–Kier alpha value is -1.66. The van der Waals surface area contributed by atoms with Gasteiger partial charge in [-0.05, 0) is 33.8 Å². The molecule has 0 unspecified atom stereocenters. The van der Waals surface area contributed by atoms with Crippen LogP contribution in [0.1, 0.15) is 27.7 Å². The minimum absolute atomic E-state index is 0.437. The van der Waals surface area contributed by atoms with Crippen LogP contribution in [0.15, 0.2) is 24.5 Å². The van der Waals surface area contributed by atoms with Gasteiger partial charge in [-0.2, -0.15) is 0 Å². The highest BCUT2D eigenvalue weighted by Gasteiger charge is 2.35. The molecule has 1 radical (unpaired) electrons. The maximum atomic E-state index is 10.1. The van der Waals surface area contributed by atoms with Crippen molar-refractivity contribution in [3.63, 3.8) is 0 Å². The van der Waals surface area contributed by atoms with Gasteiger partial charge in [-0.15, -0.1) is 0 Å². The number of nitrogens with two attached hydrogens (primary N) is 1. The van der Waals surface area contributed by atoms with E-state index in [0.717, 1.165) is 16.4 Å². The largest absolute Gasteiger partial charge is 0.427 e. The van der Waals surface area contributed by atoms with Gasteiger partial charge in [0.25, 0.3) is 0 Å². The standard InChI is InChI=1S/C14H19BN3O2/c1-13(2,19)14(3,4)20-15-9-5-6-11-10(7-9)12(16)18-8-17-11/h5-8,19H,1-4H3,(H2,16,17,18). The zero-order valence-corrected chi connectivity index (χ0v) is 12.2. The molecule has 1 aromatic carbocycles. The van der Waals surface area contributed by atoms with Gasteiger partial charge in [-0.25, -0.2) is 9.97 Å². The minimum atomic E-state index is -0.956. The zero-order valence-electron chi connectivity index (χ0n) is 12.2. The van der Waals surface area contributed by atoms with Crippen molar-refractivity contribution in [1.82, 2.24) is 9.97 Å². The van der Waals surface area contributed by atoms with Crippen LogP contribution in [0.3, 0.4) is 0 Å². The average Bonchev–Trinajstić information content (AvgIpc) is 2.36. The Morgan fingerprint density at radius 2 is 1.90 bits per heavy atom. The van der Waals surface area contributed by atoms with E-state index in [0.29, 0.717) is 5.82 Å². The molecule has 0 saturated heterocycles. The smallest absolute Gasteiger partial charge is 0.330 e. The second-order valence-electron chi connectivity index (χ2n) is 5.84. The first-order valence-electron chi connectivity index (χ1n) is 6.44. The molecule has 2 rings (SSSR count). The third-order valence-electron chi connectivity index (χ3n) is 3.65. The van der Waals surface area contributed by atoms with Crippen LogP contribution in [0.4, 0.5) is 5.82 Å². The number of benzene rings is 1. The first kappa shape index (κ1) is 14.7. The molecule has 2 aromatic rings. The fourth-order valence-corrected chi connectivity index (χ4v) is 1.53. The molecule has 1 aromatic heterocycles. The van der Waals surface area contributed by atoms with E-state index in [9.17, 15) is 5.11 Å². The number of anilines is 1. The van der Waals surface area contributed by atoms with Crippen LogP contribution in [0.2, 0.25) is 0 Å². The van der Waals surface area contributed by atoms with Crippen LogP contribution >= 0.6 is 0 Å². The number of fused-ring (bicyclic) bond motifs is 1.